The van der Waals surface area contributed by atoms with E-state index >= 15 is 0 Å². The summed E-state index contributed by atoms with van der Waals surface area (Å²) in [7, 11) is 0. The number of nitrogens with one attached hydrogen (secondary N) is 1. The molecule has 136 valence electrons. The summed E-state index contributed by atoms with van der Waals surface area (Å²) < 4.78 is 19.5. The summed E-state index contributed by atoms with van der Waals surface area (Å²) in [6, 6.07) is 11.4. The number of benzene rings is 2. The summed E-state index contributed by atoms with van der Waals surface area (Å²) in [5.74, 6) is -0.249. The van der Waals surface area contributed by atoms with E-state index in [0.29, 0.717) is 22.7 Å². The SMILES string of the molecule is CC(C)(C)C(=O)Nc1ccc2c(c1)N(Cc1ccccc1F)C(=O)CO2. The molecule has 26 heavy (non-hydrogen) atoms. The number of halogens is 1. The van der Waals surface area contributed by atoms with Gasteiger partial charge in [0.25, 0.3) is 5.91 Å². The number of amides is 2. The molecule has 6 heteroatoms. The average Bonchev–Trinajstić information content (AvgIpc) is 2.58. The highest BCUT2D eigenvalue weighted by Crippen LogP contribution is 2.36. The smallest absolute Gasteiger partial charge is 0.265 e. The lowest BCUT2D eigenvalue weighted by molar-refractivity contribution is -0.123. The largest absolute Gasteiger partial charge is 0.482 e. The molecule has 2 amide bonds. The van der Waals surface area contributed by atoms with Gasteiger partial charge in [0, 0.05) is 16.7 Å². The Balaban J connectivity index is 1.92. The summed E-state index contributed by atoms with van der Waals surface area (Å²) >= 11 is 0. The van der Waals surface area contributed by atoms with E-state index in [1.165, 1.54) is 11.0 Å². The van der Waals surface area contributed by atoms with Crippen LogP contribution in [0.5, 0.6) is 5.75 Å². The Bertz CT molecular complexity index is 858. The van der Waals surface area contributed by atoms with E-state index in [-0.39, 0.29) is 30.8 Å². The lowest BCUT2D eigenvalue weighted by Crippen LogP contribution is -2.38. The Labute approximate surface area is 151 Å². The molecular weight excluding hydrogens is 335 g/mol. The Hall–Kier alpha value is -2.89. The minimum Gasteiger partial charge on any atom is -0.482 e. The van der Waals surface area contributed by atoms with Gasteiger partial charge in [0.1, 0.15) is 11.6 Å². The molecule has 0 spiro atoms. The fraction of sp³-hybridized carbons (Fsp3) is 0.300. The zero-order valence-electron chi connectivity index (χ0n) is 15.0. The van der Waals surface area contributed by atoms with E-state index in [1.807, 2.05) is 20.8 Å². The minimum absolute atomic E-state index is 0.0958. The predicted octanol–water partition coefficient (Wildman–Crippen LogP) is 3.74. The number of rotatable bonds is 3. The van der Waals surface area contributed by atoms with Gasteiger partial charge in [-0.05, 0) is 24.3 Å². The number of ether oxygens (including phenoxy) is 1. The quantitative estimate of drug-likeness (QED) is 0.911. The number of fused-ring (bicyclic) bond motifs is 1. The van der Waals surface area contributed by atoms with Crippen LogP contribution in [0.15, 0.2) is 42.5 Å². The van der Waals surface area contributed by atoms with Crippen LogP contribution in [0.2, 0.25) is 0 Å². The molecule has 2 aromatic carbocycles. The summed E-state index contributed by atoms with van der Waals surface area (Å²) in [5.41, 5.74) is 0.935. The summed E-state index contributed by atoms with van der Waals surface area (Å²) in [4.78, 5) is 26.0. The molecule has 0 aliphatic carbocycles. The maximum Gasteiger partial charge on any atom is 0.265 e. The second-order valence-corrected chi connectivity index (χ2v) is 7.25. The van der Waals surface area contributed by atoms with E-state index in [2.05, 4.69) is 5.32 Å². The van der Waals surface area contributed by atoms with Crippen molar-refractivity contribution in [1.29, 1.82) is 0 Å². The van der Waals surface area contributed by atoms with Gasteiger partial charge < -0.3 is 15.0 Å². The number of carbonyl (C=O) groups excluding carboxylic acids is 2. The number of anilines is 2. The van der Waals surface area contributed by atoms with Crippen LogP contribution >= 0.6 is 0 Å². The molecule has 0 aromatic heterocycles. The first-order chi connectivity index (χ1) is 12.3. The molecule has 1 N–H and O–H groups in total. The van der Waals surface area contributed by atoms with Gasteiger partial charge in [0.05, 0.1) is 12.2 Å². The van der Waals surface area contributed by atoms with E-state index in [1.54, 1.807) is 36.4 Å². The molecule has 0 unspecified atom stereocenters. The summed E-state index contributed by atoms with van der Waals surface area (Å²) in [6.45, 7) is 5.45. The molecule has 0 radical (unpaired) electrons. The first-order valence-corrected chi connectivity index (χ1v) is 8.38. The van der Waals surface area contributed by atoms with Gasteiger partial charge in [-0.1, -0.05) is 39.0 Å². The molecule has 0 bridgehead atoms. The first kappa shape index (κ1) is 17.9. The van der Waals surface area contributed by atoms with Gasteiger partial charge in [-0.25, -0.2) is 4.39 Å². The molecule has 0 fully saturated rings. The van der Waals surface area contributed by atoms with Crippen LogP contribution < -0.4 is 15.0 Å². The lowest BCUT2D eigenvalue weighted by Gasteiger charge is -2.30. The minimum atomic E-state index is -0.547. The Morgan fingerprint density at radius 2 is 1.96 bits per heavy atom. The van der Waals surface area contributed by atoms with Gasteiger partial charge in [0.15, 0.2) is 6.61 Å². The Morgan fingerprint density at radius 3 is 2.65 bits per heavy atom. The van der Waals surface area contributed by atoms with Crippen molar-refractivity contribution in [3.63, 3.8) is 0 Å². The van der Waals surface area contributed by atoms with E-state index < -0.39 is 5.41 Å². The van der Waals surface area contributed by atoms with Crippen molar-refractivity contribution in [1.82, 2.24) is 0 Å². The van der Waals surface area contributed by atoms with E-state index in [9.17, 15) is 14.0 Å². The third-order valence-electron chi connectivity index (χ3n) is 4.13. The van der Waals surface area contributed by atoms with Gasteiger partial charge in [0.2, 0.25) is 5.91 Å². The van der Waals surface area contributed by atoms with Crippen molar-refractivity contribution in [2.75, 3.05) is 16.8 Å². The Kier molecular flexibility index (Phi) is 4.68. The molecule has 5 nitrogen and oxygen atoms in total. The Morgan fingerprint density at radius 1 is 1.23 bits per heavy atom. The highest BCUT2D eigenvalue weighted by atomic mass is 19.1. The van der Waals surface area contributed by atoms with Gasteiger partial charge in [-0.15, -0.1) is 0 Å². The molecule has 3 rings (SSSR count). The number of hydrogen-bond donors (Lipinski definition) is 1. The number of carbonyl (C=O) groups is 2. The van der Waals surface area contributed by atoms with Crippen molar-refractivity contribution < 1.29 is 18.7 Å². The van der Waals surface area contributed by atoms with Crippen LogP contribution in [-0.4, -0.2) is 18.4 Å². The van der Waals surface area contributed by atoms with Gasteiger partial charge in [-0.2, -0.15) is 0 Å². The van der Waals surface area contributed by atoms with Crippen LogP contribution in [0.4, 0.5) is 15.8 Å². The molecule has 0 saturated carbocycles. The molecule has 2 aromatic rings. The zero-order valence-corrected chi connectivity index (χ0v) is 15.0. The maximum absolute atomic E-state index is 14.0. The fourth-order valence-electron chi connectivity index (χ4n) is 2.57. The highest BCUT2D eigenvalue weighted by Gasteiger charge is 2.27. The van der Waals surface area contributed by atoms with Crippen molar-refractivity contribution >= 4 is 23.2 Å². The monoisotopic (exact) mass is 356 g/mol. The molecular formula is C20H21FN2O3. The standard InChI is InChI=1S/C20H21FN2O3/c1-20(2,3)19(25)22-14-8-9-17-16(10-14)23(18(24)12-26-17)11-13-6-4-5-7-15(13)21/h4-10H,11-12H2,1-3H3,(H,22,25). The third-order valence-corrected chi connectivity index (χ3v) is 4.13. The molecule has 1 heterocycles. The van der Waals surface area contributed by atoms with Crippen LogP contribution in [0, 0.1) is 11.2 Å². The highest BCUT2D eigenvalue weighted by molar-refractivity contribution is 6.00. The lowest BCUT2D eigenvalue weighted by atomic mass is 9.95. The average molecular weight is 356 g/mol. The first-order valence-electron chi connectivity index (χ1n) is 8.38. The van der Waals surface area contributed by atoms with E-state index in [4.69, 9.17) is 4.74 Å². The number of nitrogens with zero attached hydrogens (tertiary/aromatic N) is 1. The van der Waals surface area contributed by atoms with Gasteiger partial charge in [-0.3, -0.25) is 9.59 Å². The number of hydrogen-bond acceptors (Lipinski definition) is 3. The summed E-state index contributed by atoms with van der Waals surface area (Å²) in [5, 5.41) is 2.84. The van der Waals surface area contributed by atoms with Crippen molar-refractivity contribution in [2.45, 2.75) is 27.3 Å². The van der Waals surface area contributed by atoms with E-state index in [0.717, 1.165) is 0 Å². The summed E-state index contributed by atoms with van der Waals surface area (Å²) in [6.07, 6.45) is 0. The van der Waals surface area contributed by atoms with Crippen LogP contribution in [-0.2, 0) is 16.1 Å². The molecule has 0 saturated heterocycles. The topological polar surface area (TPSA) is 58.6 Å². The van der Waals surface area contributed by atoms with Crippen LogP contribution in [0.25, 0.3) is 0 Å². The molecule has 1 aliphatic heterocycles. The van der Waals surface area contributed by atoms with Crippen molar-refractivity contribution in [3.05, 3.63) is 53.8 Å². The molecule has 0 atom stereocenters. The normalized spacial score (nSPS) is 13.8. The van der Waals surface area contributed by atoms with Gasteiger partial charge >= 0.3 is 0 Å². The van der Waals surface area contributed by atoms with Crippen LogP contribution in [0.1, 0.15) is 26.3 Å². The van der Waals surface area contributed by atoms with Crippen LogP contribution in [0.3, 0.4) is 0 Å². The predicted molar refractivity (Wildman–Crippen MR) is 97.6 cm³/mol. The fourth-order valence-corrected chi connectivity index (χ4v) is 2.57. The second-order valence-electron chi connectivity index (χ2n) is 7.25. The second kappa shape index (κ2) is 6.78. The molecule has 1 aliphatic rings. The third kappa shape index (κ3) is 3.69. The zero-order chi connectivity index (χ0) is 18.9. The van der Waals surface area contributed by atoms with Crippen molar-refractivity contribution in [3.8, 4) is 5.75 Å². The maximum atomic E-state index is 14.0. The van der Waals surface area contributed by atoms with Crippen molar-refractivity contribution in [2.24, 2.45) is 5.41 Å².